The molecule has 1 amide bonds. The van der Waals surface area contributed by atoms with Gasteiger partial charge in [-0.15, -0.1) is 0 Å². The molecule has 2 unspecified atom stereocenters. The Kier molecular flexibility index (Phi) is 3.43. The maximum Gasteiger partial charge on any atom is 0.220 e. The molecule has 1 saturated heterocycles. The minimum atomic E-state index is 0.154. The third-order valence-corrected chi connectivity index (χ3v) is 5.81. The van der Waals surface area contributed by atoms with Crippen molar-refractivity contribution in [1.82, 2.24) is 5.32 Å². The molecular weight excluding hydrogens is 294 g/mol. The van der Waals surface area contributed by atoms with E-state index in [2.05, 4.69) is 21.2 Å². The van der Waals surface area contributed by atoms with Crippen molar-refractivity contribution in [2.45, 2.75) is 50.5 Å². The highest BCUT2D eigenvalue weighted by Gasteiger charge is 2.73. The average Bonchev–Trinajstić information content (AvgIpc) is 2.93. The number of carbonyl (C=O) groups excluding carboxylic acids is 1. The van der Waals surface area contributed by atoms with Crippen LogP contribution in [0.5, 0.6) is 0 Å². The van der Waals surface area contributed by atoms with Crippen LogP contribution in [-0.4, -0.2) is 30.0 Å². The Hall–Kier alpha value is -0.0900. The maximum atomic E-state index is 11.8. The van der Waals surface area contributed by atoms with Gasteiger partial charge in [0.05, 0.1) is 12.2 Å². The standard InChI is InChI=1S/C14H22BrNO2/c15-7-2-1-4-12(17)16-10-13-8-11(13)9-18-14(13)5-3-6-14/h11H,1-10H2,(H,16,17). The van der Waals surface area contributed by atoms with Crippen molar-refractivity contribution < 1.29 is 9.53 Å². The Labute approximate surface area is 117 Å². The number of halogens is 1. The first-order valence-corrected chi connectivity index (χ1v) is 8.31. The summed E-state index contributed by atoms with van der Waals surface area (Å²) in [7, 11) is 0. The van der Waals surface area contributed by atoms with Gasteiger partial charge in [0.2, 0.25) is 5.91 Å². The Morgan fingerprint density at radius 3 is 2.83 bits per heavy atom. The summed E-state index contributed by atoms with van der Waals surface area (Å²) in [5.74, 6) is 0.943. The third kappa shape index (κ3) is 1.92. The topological polar surface area (TPSA) is 38.3 Å². The predicted molar refractivity (Wildman–Crippen MR) is 73.7 cm³/mol. The molecule has 2 saturated carbocycles. The molecular formula is C14H22BrNO2. The molecule has 18 heavy (non-hydrogen) atoms. The fraction of sp³-hybridized carbons (Fsp3) is 0.929. The Morgan fingerprint density at radius 1 is 1.39 bits per heavy atom. The van der Waals surface area contributed by atoms with E-state index in [4.69, 9.17) is 4.74 Å². The Bertz CT molecular complexity index is 343. The van der Waals surface area contributed by atoms with Gasteiger partial charge in [0.1, 0.15) is 0 Å². The fourth-order valence-electron chi connectivity index (χ4n) is 3.80. The van der Waals surface area contributed by atoms with Crippen molar-refractivity contribution in [1.29, 1.82) is 0 Å². The van der Waals surface area contributed by atoms with E-state index in [9.17, 15) is 4.79 Å². The van der Waals surface area contributed by atoms with Crippen LogP contribution in [0.1, 0.15) is 44.9 Å². The molecule has 3 aliphatic rings. The van der Waals surface area contributed by atoms with Crippen LogP contribution in [0.2, 0.25) is 0 Å². The molecule has 3 rings (SSSR count). The first-order chi connectivity index (χ1) is 8.72. The van der Waals surface area contributed by atoms with Crippen molar-refractivity contribution in [2.24, 2.45) is 11.3 Å². The van der Waals surface area contributed by atoms with Gasteiger partial charge in [-0.2, -0.15) is 0 Å². The predicted octanol–water partition coefficient (Wildman–Crippen LogP) is 2.63. The fourth-order valence-corrected chi connectivity index (χ4v) is 4.20. The first kappa shape index (κ1) is 12.9. The second-order valence-electron chi connectivity index (χ2n) is 6.14. The summed E-state index contributed by atoms with van der Waals surface area (Å²) in [5.41, 5.74) is 0.469. The maximum absolute atomic E-state index is 11.8. The zero-order chi connectivity index (χ0) is 12.6. The van der Waals surface area contributed by atoms with Gasteiger partial charge in [0.25, 0.3) is 0 Å². The van der Waals surface area contributed by atoms with E-state index in [0.29, 0.717) is 11.8 Å². The number of hydrogen-bond donors (Lipinski definition) is 1. The molecule has 0 bridgehead atoms. The molecule has 102 valence electrons. The molecule has 3 nitrogen and oxygen atoms in total. The normalized spacial score (nSPS) is 35.1. The van der Waals surface area contributed by atoms with Gasteiger partial charge in [0, 0.05) is 23.7 Å². The molecule has 2 aliphatic carbocycles. The van der Waals surface area contributed by atoms with Crippen LogP contribution in [0.4, 0.5) is 0 Å². The lowest BCUT2D eigenvalue weighted by atomic mass is 9.68. The molecule has 0 aromatic rings. The molecule has 4 heteroatoms. The van der Waals surface area contributed by atoms with Gasteiger partial charge < -0.3 is 10.1 Å². The SMILES string of the molecule is O=C(CCCCBr)NCC12CC1COC21CCC1. The van der Waals surface area contributed by atoms with E-state index in [1.807, 2.05) is 0 Å². The van der Waals surface area contributed by atoms with Gasteiger partial charge in [-0.05, 0) is 44.4 Å². The molecule has 1 heterocycles. The Balaban J connectivity index is 1.47. The summed E-state index contributed by atoms with van der Waals surface area (Å²) in [5, 5.41) is 4.14. The molecule has 0 aromatic carbocycles. The van der Waals surface area contributed by atoms with Crippen LogP contribution >= 0.6 is 15.9 Å². The summed E-state index contributed by atoms with van der Waals surface area (Å²) in [6, 6.07) is 0. The van der Waals surface area contributed by atoms with E-state index < -0.39 is 0 Å². The summed E-state index contributed by atoms with van der Waals surface area (Å²) < 4.78 is 6.02. The number of carbonyl (C=O) groups is 1. The van der Waals surface area contributed by atoms with Crippen molar-refractivity contribution in [2.75, 3.05) is 18.5 Å². The van der Waals surface area contributed by atoms with Crippen molar-refractivity contribution in [3.8, 4) is 0 Å². The quantitative estimate of drug-likeness (QED) is 0.604. The molecule has 1 N–H and O–H groups in total. The average molecular weight is 316 g/mol. The van der Waals surface area contributed by atoms with Gasteiger partial charge in [-0.3, -0.25) is 4.79 Å². The zero-order valence-corrected chi connectivity index (χ0v) is 12.4. The smallest absolute Gasteiger partial charge is 0.220 e. The van der Waals surface area contributed by atoms with Crippen LogP contribution in [0.3, 0.4) is 0 Å². The van der Waals surface area contributed by atoms with Gasteiger partial charge in [0.15, 0.2) is 0 Å². The molecule has 2 atom stereocenters. The molecule has 1 spiro atoms. The number of amides is 1. The second-order valence-corrected chi connectivity index (χ2v) is 6.93. The number of alkyl halides is 1. The Morgan fingerprint density at radius 2 is 2.22 bits per heavy atom. The van der Waals surface area contributed by atoms with Crippen molar-refractivity contribution >= 4 is 21.8 Å². The van der Waals surface area contributed by atoms with Crippen LogP contribution in [-0.2, 0) is 9.53 Å². The van der Waals surface area contributed by atoms with Crippen molar-refractivity contribution in [3.63, 3.8) is 0 Å². The highest BCUT2D eigenvalue weighted by molar-refractivity contribution is 9.09. The number of rotatable bonds is 6. The lowest BCUT2D eigenvalue weighted by Gasteiger charge is -2.45. The number of nitrogens with one attached hydrogen (secondary N) is 1. The van der Waals surface area contributed by atoms with Gasteiger partial charge >= 0.3 is 0 Å². The first-order valence-electron chi connectivity index (χ1n) is 7.19. The van der Waals surface area contributed by atoms with Crippen molar-refractivity contribution in [3.05, 3.63) is 0 Å². The monoisotopic (exact) mass is 315 g/mol. The van der Waals surface area contributed by atoms with Crippen LogP contribution in [0.25, 0.3) is 0 Å². The molecule has 0 aromatic heterocycles. The van der Waals surface area contributed by atoms with E-state index in [-0.39, 0.29) is 11.5 Å². The molecule has 0 radical (unpaired) electrons. The lowest BCUT2D eigenvalue weighted by Crippen LogP contribution is -2.50. The van der Waals surface area contributed by atoms with E-state index in [0.717, 1.165) is 37.2 Å². The lowest BCUT2D eigenvalue weighted by molar-refractivity contribution is -0.125. The summed E-state index contributed by atoms with van der Waals surface area (Å²) in [4.78, 5) is 11.8. The zero-order valence-electron chi connectivity index (χ0n) is 10.8. The highest BCUT2D eigenvalue weighted by Crippen LogP contribution is 2.70. The van der Waals surface area contributed by atoms with Crippen LogP contribution in [0, 0.1) is 11.3 Å². The number of unbranched alkanes of at least 4 members (excludes halogenated alkanes) is 1. The highest BCUT2D eigenvalue weighted by atomic mass is 79.9. The van der Waals surface area contributed by atoms with Crippen LogP contribution < -0.4 is 5.32 Å². The molecule has 3 fully saturated rings. The minimum absolute atomic E-state index is 0.154. The largest absolute Gasteiger partial charge is 0.374 e. The van der Waals surface area contributed by atoms with Crippen LogP contribution in [0.15, 0.2) is 0 Å². The molecule has 1 aliphatic heterocycles. The van der Waals surface area contributed by atoms with E-state index in [1.54, 1.807) is 0 Å². The number of ether oxygens (including phenoxy) is 1. The van der Waals surface area contributed by atoms with E-state index >= 15 is 0 Å². The van der Waals surface area contributed by atoms with Gasteiger partial charge in [-0.1, -0.05) is 15.9 Å². The minimum Gasteiger partial charge on any atom is -0.374 e. The summed E-state index contributed by atoms with van der Waals surface area (Å²) >= 11 is 3.39. The number of hydrogen-bond acceptors (Lipinski definition) is 2. The third-order valence-electron chi connectivity index (χ3n) is 5.25. The second kappa shape index (κ2) is 4.78. The van der Waals surface area contributed by atoms with E-state index in [1.165, 1.54) is 25.7 Å². The number of fused-ring (bicyclic) bond motifs is 2. The van der Waals surface area contributed by atoms with Gasteiger partial charge in [-0.25, -0.2) is 0 Å². The summed E-state index contributed by atoms with van der Waals surface area (Å²) in [6.45, 7) is 1.78. The summed E-state index contributed by atoms with van der Waals surface area (Å²) in [6.07, 6.45) is 7.72.